The summed E-state index contributed by atoms with van der Waals surface area (Å²) in [6.07, 6.45) is 0.975. The fourth-order valence-electron chi connectivity index (χ4n) is 1.33. The Morgan fingerprint density at radius 1 is 1.64 bits per heavy atom. The summed E-state index contributed by atoms with van der Waals surface area (Å²) < 4.78 is 0.764. The number of rotatable bonds is 2. The SMILES string of the molecule is C[As](C)[C@H]1CN[C@H](C(N)=O)C1. The molecule has 1 fully saturated rings. The van der Waals surface area contributed by atoms with Crippen LogP contribution in [0.15, 0.2) is 0 Å². The molecule has 0 aromatic rings. The number of primary amides is 1. The van der Waals surface area contributed by atoms with Crippen LogP contribution in [0.25, 0.3) is 0 Å². The third-order valence-electron chi connectivity index (χ3n) is 2.18. The van der Waals surface area contributed by atoms with Crippen molar-refractivity contribution in [1.82, 2.24) is 5.32 Å². The van der Waals surface area contributed by atoms with Gasteiger partial charge in [-0.15, -0.1) is 0 Å². The van der Waals surface area contributed by atoms with E-state index in [4.69, 9.17) is 5.73 Å². The van der Waals surface area contributed by atoms with Crippen LogP contribution in [-0.4, -0.2) is 33.1 Å². The van der Waals surface area contributed by atoms with E-state index >= 15 is 0 Å². The number of hydrogen-bond acceptors (Lipinski definition) is 2. The van der Waals surface area contributed by atoms with Crippen molar-refractivity contribution >= 4 is 20.6 Å². The van der Waals surface area contributed by atoms with Crippen LogP contribution in [0, 0.1) is 0 Å². The molecule has 3 N–H and O–H groups in total. The second-order valence-corrected chi connectivity index (χ2v) is 8.79. The first-order valence-electron chi connectivity index (χ1n) is 3.80. The molecule has 1 rings (SSSR count). The average molecular weight is 218 g/mol. The number of amides is 1. The molecule has 0 radical (unpaired) electrons. The molecule has 3 nitrogen and oxygen atoms in total. The molecule has 0 aliphatic carbocycles. The molecule has 0 aromatic heterocycles. The second kappa shape index (κ2) is 3.59. The van der Waals surface area contributed by atoms with Crippen molar-refractivity contribution in [2.24, 2.45) is 5.73 Å². The Labute approximate surface area is 72.0 Å². The van der Waals surface area contributed by atoms with Crippen LogP contribution in [0.3, 0.4) is 0 Å². The topological polar surface area (TPSA) is 55.1 Å². The van der Waals surface area contributed by atoms with Gasteiger partial charge in [-0.1, -0.05) is 0 Å². The minimum absolute atomic E-state index is 0.0447. The van der Waals surface area contributed by atoms with Crippen molar-refractivity contribution in [1.29, 1.82) is 0 Å². The third-order valence-corrected chi connectivity index (χ3v) is 6.07. The fraction of sp³-hybridized carbons (Fsp3) is 0.857. The third kappa shape index (κ3) is 2.21. The van der Waals surface area contributed by atoms with Crippen molar-refractivity contribution in [3.63, 3.8) is 0 Å². The molecular formula is C7H15AsN2O. The van der Waals surface area contributed by atoms with Crippen LogP contribution in [0.2, 0.25) is 16.1 Å². The molecule has 1 saturated heterocycles. The number of nitrogens with two attached hydrogens (primary N) is 1. The van der Waals surface area contributed by atoms with Gasteiger partial charge in [0.1, 0.15) is 0 Å². The maximum atomic E-state index is 10.7. The summed E-state index contributed by atoms with van der Waals surface area (Å²) in [5.41, 5.74) is 9.82. The zero-order chi connectivity index (χ0) is 8.43. The van der Waals surface area contributed by atoms with Crippen molar-refractivity contribution in [2.75, 3.05) is 6.54 Å². The molecule has 0 aromatic carbocycles. The Morgan fingerprint density at radius 3 is 2.55 bits per heavy atom. The predicted molar refractivity (Wildman–Crippen MR) is 46.8 cm³/mol. The van der Waals surface area contributed by atoms with Crippen molar-refractivity contribution in [2.45, 2.75) is 28.6 Å². The van der Waals surface area contributed by atoms with E-state index in [1.807, 2.05) is 0 Å². The zero-order valence-electron chi connectivity index (χ0n) is 7.00. The fourth-order valence-corrected chi connectivity index (χ4v) is 3.64. The molecule has 1 aliphatic rings. The predicted octanol–water partition coefficient (Wildman–Crippen LogP) is -0.0418. The van der Waals surface area contributed by atoms with Crippen LogP contribution in [0.1, 0.15) is 6.42 Å². The van der Waals surface area contributed by atoms with Crippen molar-refractivity contribution in [3.8, 4) is 0 Å². The number of nitrogens with one attached hydrogen (secondary N) is 1. The number of carbonyl (C=O) groups is 1. The van der Waals surface area contributed by atoms with E-state index in [9.17, 15) is 4.79 Å². The van der Waals surface area contributed by atoms with E-state index in [0.29, 0.717) is 0 Å². The van der Waals surface area contributed by atoms with E-state index in [-0.39, 0.29) is 11.9 Å². The average Bonchev–Trinajstić information content (AvgIpc) is 2.33. The van der Waals surface area contributed by atoms with E-state index in [1.165, 1.54) is 0 Å². The van der Waals surface area contributed by atoms with Crippen LogP contribution in [-0.2, 0) is 4.79 Å². The molecule has 1 aliphatic heterocycles. The Hall–Kier alpha value is -0.0116. The van der Waals surface area contributed by atoms with E-state index in [0.717, 1.165) is 17.7 Å². The van der Waals surface area contributed by atoms with Gasteiger partial charge in [0.2, 0.25) is 0 Å². The van der Waals surface area contributed by atoms with Gasteiger partial charge in [-0.3, -0.25) is 0 Å². The summed E-state index contributed by atoms with van der Waals surface area (Å²) >= 11 is -0.634. The summed E-state index contributed by atoms with van der Waals surface area (Å²) in [6.45, 7) is 1.00. The summed E-state index contributed by atoms with van der Waals surface area (Å²) in [6, 6.07) is -0.0447. The summed E-state index contributed by atoms with van der Waals surface area (Å²) in [7, 11) is 0. The molecular weight excluding hydrogens is 203 g/mol. The molecule has 0 saturated carbocycles. The van der Waals surface area contributed by atoms with Gasteiger partial charge >= 0.3 is 71.5 Å². The molecule has 1 amide bonds. The number of carbonyl (C=O) groups excluding carboxylic acids is 1. The minimum atomic E-state index is -0.634. The zero-order valence-corrected chi connectivity index (χ0v) is 8.88. The van der Waals surface area contributed by atoms with Crippen LogP contribution < -0.4 is 11.1 Å². The molecule has 4 heteroatoms. The molecule has 1 heterocycles. The summed E-state index contributed by atoms with van der Waals surface area (Å²) in [5, 5.41) is 3.15. The number of hydrogen-bond donors (Lipinski definition) is 2. The van der Waals surface area contributed by atoms with E-state index in [1.54, 1.807) is 0 Å². The van der Waals surface area contributed by atoms with E-state index in [2.05, 4.69) is 16.7 Å². The Kier molecular flexibility index (Phi) is 2.96. The van der Waals surface area contributed by atoms with Gasteiger partial charge in [-0.25, -0.2) is 0 Å². The Bertz CT molecular complexity index is 161. The summed E-state index contributed by atoms with van der Waals surface area (Å²) in [4.78, 5) is 10.7. The maximum absolute atomic E-state index is 10.7. The van der Waals surface area contributed by atoms with Gasteiger partial charge in [0.05, 0.1) is 0 Å². The first kappa shape index (κ1) is 9.08. The van der Waals surface area contributed by atoms with Gasteiger partial charge in [-0.05, 0) is 0 Å². The van der Waals surface area contributed by atoms with Gasteiger partial charge in [-0.2, -0.15) is 0 Å². The first-order valence-corrected chi connectivity index (χ1v) is 8.64. The standard InChI is InChI=1S/C7H15AsN2O/c1-8(2)5-3-6(7(9)11)10-4-5/h5-6,10H,3-4H2,1-2H3,(H2,9,11)/t5-,6+/m1/s1. The normalized spacial score (nSPS) is 31.2. The van der Waals surface area contributed by atoms with Crippen LogP contribution >= 0.6 is 0 Å². The van der Waals surface area contributed by atoms with Gasteiger partial charge < -0.3 is 0 Å². The Balaban J connectivity index is 2.41. The first-order chi connectivity index (χ1) is 5.11. The quantitative estimate of drug-likeness (QED) is 0.639. The molecule has 0 unspecified atom stereocenters. The van der Waals surface area contributed by atoms with Crippen LogP contribution in [0.5, 0.6) is 0 Å². The molecule has 2 atom stereocenters. The van der Waals surface area contributed by atoms with Crippen molar-refractivity contribution in [3.05, 3.63) is 0 Å². The van der Waals surface area contributed by atoms with Gasteiger partial charge in [0.25, 0.3) is 0 Å². The molecule has 64 valence electrons. The van der Waals surface area contributed by atoms with Crippen molar-refractivity contribution < 1.29 is 4.79 Å². The second-order valence-electron chi connectivity index (χ2n) is 3.22. The van der Waals surface area contributed by atoms with Gasteiger partial charge in [0, 0.05) is 0 Å². The molecule has 0 spiro atoms. The summed E-state index contributed by atoms with van der Waals surface area (Å²) in [5.74, 6) is -0.191. The Morgan fingerprint density at radius 2 is 2.27 bits per heavy atom. The van der Waals surface area contributed by atoms with Crippen LogP contribution in [0.4, 0.5) is 0 Å². The molecule has 11 heavy (non-hydrogen) atoms. The monoisotopic (exact) mass is 218 g/mol. The van der Waals surface area contributed by atoms with E-state index < -0.39 is 14.7 Å². The van der Waals surface area contributed by atoms with Gasteiger partial charge in [0.15, 0.2) is 0 Å². The molecule has 0 bridgehead atoms.